The van der Waals surface area contributed by atoms with E-state index < -0.39 is 16.0 Å². The fourth-order valence-corrected chi connectivity index (χ4v) is 4.32. The van der Waals surface area contributed by atoms with Gasteiger partial charge in [0.25, 0.3) is 0 Å². The number of ether oxygens (including phenoxy) is 1. The molecule has 0 amide bonds. The number of hydrogen-bond acceptors (Lipinski definition) is 4. The number of carboxylic acids is 1. The quantitative estimate of drug-likeness (QED) is 0.672. The minimum atomic E-state index is -3.92. The zero-order valence-corrected chi connectivity index (χ0v) is 14.9. The zero-order valence-electron chi connectivity index (χ0n) is 14.0. The number of nitrogens with zero attached hydrogens (tertiary/aromatic N) is 1. The monoisotopic (exact) mass is 371 g/mol. The number of rotatable bonds is 6. The summed E-state index contributed by atoms with van der Waals surface area (Å²) in [4.78, 5) is 12.0. The lowest BCUT2D eigenvalue weighted by Crippen LogP contribution is -2.20. The lowest BCUT2D eigenvalue weighted by molar-refractivity contribution is 0.0690. The highest BCUT2D eigenvalue weighted by Gasteiger charge is 2.29. The van der Waals surface area contributed by atoms with Crippen molar-refractivity contribution in [3.05, 3.63) is 66.9 Å². The van der Waals surface area contributed by atoms with Gasteiger partial charge in [-0.05, 0) is 23.8 Å². The van der Waals surface area contributed by atoms with Crippen LogP contribution in [0.25, 0.3) is 22.0 Å². The van der Waals surface area contributed by atoms with Crippen LogP contribution in [0.5, 0.6) is 5.75 Å². The Morgan fingerprint density at radius 2 is 1.85 bits per heavy atom. The number of carbonyl (C=O) groups is 1. The molecule has 1 aromatic heterocycles. The summed E-state index contributed by atoms with van der Waals surface area (Å²) in [7, 11) is -2.39. The Bertz CT molecular complexity index is 1090. The molecular formula is C19H17NO5S. The van der Waals surface area contributed by atoms with Gasteiger partial charge in [0.1, 0.15) is 5.75 Å². The Morgan fingerprint density at radius 1 is 1.19 bits per heavy atom. The van der Waals surface area contributed by atoms with E-state index in [-0.39, 0.29) is 11.4 Å². The molecule has 0 unspecified atom stereocenters. The van der Waals surface area contributed by atoms with E-state index in [2.05, 4.69) is 6.58 Å². The molecule has 134 valence electrons. The number of methoxy groups -OCH3 is 1. The van der Waals surface area contributed by atoms with Crippen molar-refractivity contribution < 1.29 is 23.1 Å². The number of benzene rings is 2. The standard InChI is InChI=1S/C19H17NO5S/c1-3-12-26(23,24)20-16-7-5-4-6-15(16)17(18(20)19(21)22)13-8-10-14(25-2)11-9-13/h3-11H,1,12H2,2H3,(H,21,22). The summed E-state index contributed by atoms with van der Waals surface area (Å²) >= 11 is 0. The highest BCUT2D eigenvalue weighted by Crippen LogP contribution is 2.36. The van der Waals surface area contributed by atoms with Crippen molar-refractivity contribution in [2.24, 2.45) is 0 Å². The van der Waals surface area contributed by atoms with E-state index in [0.717, 1.165) is 3.97 Å². The molecule has 3 aromatic rings. The Kier molecular flexibility index (Phi) is 4.56. The van der Waals surface area contributed by atoms with Gasteiger partial charge in [0.2, 0.25) is 10.0 Å². The van der Waals surface area contributed by atoms with Gasteiger partial charge in [0, 0.05) is 10.9 Å². The Morgan fingerprint density at radius 3 is 2.42 bits per heavy atom. The molecule has 0 radical (unpaired) electrons. The van der Waals surface area contributed by atoms with Gasteiger partial charge in [-0.15, -0.1) is 6.58 Å². The van der Waals surface area contributed by atoms with E-state index in [0.29, 0.717) is 27.8 Å². The van der Waals surface area contributed by atoms with Gasteiger partial charge in [-0.2, -0.15) is 0 Å². The normalized spacial score (nSPS) is 11.4. The third kappa shape index (κ3) is 2.86. The van der Waals surface area contributed by atoms with E-state index in [9.17, 15) is 18.3 Å². The number of aromatic carboxylic acids is 1. The summed E-state index contributed by atoms with van der Waals surface area (Å²) in [6, 6.07) is 13.5. The van der Waals surface area contributed by atoms with Gasteiger partial charge in [-0.3, -0.25) is 0 Å². The molecule has 26 heavy (non-hydrogen) atoms. The summed E-state index contributed by atoms with van der Waals surface area (Å²) in [6.45, 7) is 3.46. The van der Waals surface area contributed by atoms with E-state index in [1.165, 1.54) is 13.2 Å². The van der Waals surface area contributed by atoms with Crippen LogP contribution in [-0.2, 0) is 10.0 Å². The molecule has 7 heteroatoms. The van der Waals surface area contributed by atoms with Gasteiger partial charge in [-0.25, -0.2) is 17.2 Å². The lowest BCUT2D eigenvalue weighted by Gasteiger charge is -2.09. The first-order chi connectivity index (χ1) is 12.4. The van der Waals surface area contributed by atoms with Crippen molar-refractivity contribution in [3.63, 3.8) is 0 Å². The van der Waals surface area contributed by atoms with Crippen LogP contribution >= 0.6 is 0 Å². The summed E-state index contributed by atoms with van der Waals surface area (Å²) in [5.41, 5.74) is 0.964. The highest BCUT2D eigenvalue weighted by atomic mass is 32.2. The molecule has 6 nitrogen and oxygen atoms in total. The second-order valence-corrected chi connectivity index (χ2v) is 7.47. The Balaban J connectivity index is 2.44. The maximum atomic E-state index is 12.7. The van der Waals surface area contributed by atoms with Crippen LogP contribution < -0.4 is 4.74 Å². The average Bonchev–Trinajstić information content (AvgIpc) is 2.98. The molecule has 0 bridgehead atoms. The van der Waals surface area contributed by atoms with Gasteiger partial charge in [0.05, 0.1) is 18.4 Å². The topological polar surface area (TPSA) is 85.6 Å². The Labute approximate surface area is 151 Å². The largest absolute Gasteiger partial charge is 0.497 e. The van der Waals surface area contributed by atoms with Crippen LogP contribution in [0.4, 0.5) is 0 Å². The molecule has 0 spiro atoms. The maximum absolute atomic E-state index is 12.7. The number of aromatic nitrogens is 1. The Hall–Kier alpha value is -3.06. The third-order valence-electron chi connectivity index (χ3n) is 4.02. The lowest BCUT2D eigenvalue weighted by atomic mass is 10.0. The number of fused-ring (bicyclic) bond motifs is 1. The van der Waals surface area contributed by atoms with Crippen LogP contribution in [-0.4, -0.2) is 36.3 Å². The molecule has 0 saturated carbocycles. The summed E-state index contributed by atoms with van der Waals surface area (Å²) in [6.07, 6.45) is 1.24. The van der Waals surface area contributed by atoms with Crippen LogP contribution in [0, 0.1) is 0 Å². The number of carboxylic acid groups (broad SMARTS) is 1. The summed E-state index contributed by atoms with van der Waals surface area (Å²) in [5.74, 6) is -1.07. The molecule has 0 saturated heterocycles. The highest BCUT2D eigenvalue weighted by molar-refractivity contribution is 7.90. The molecule has 0 aliphatic carbocycles. The van der Waals surface area contributed by atoms with Crippen molar-refractivity contribution >= 4 is 26.9 Å². The summed E-state index contributed by atoms with van der Waals surface area (Å²) in [5, 5.41) is 10.3. The first-order valence-electron chi connectivity index (χ1n) is 7.76. The van der Waals surface area contributed by atoms with Crippen LogP contribution in [0.1, 0.15) is 10.5 Å². The molecule has 0 atom stereocenters. The number of para-hydroxylation sites is 1. The molecular weight excluding hydrogens is 354 g/mol. The van der Waals surface area contributed by atoms with E-state index in [1.54, 1.807) is 48.5 Å². The maximum Gasteiger partial charge on any atom is 0.354 e. The number of hydrogen-bond donors (Lipinski definition) is 1. The fourth-order valence-electron chi connectivity index (χ4n) is 2.97. The molecule has 0 aliphatic rings. The minimum absolute atomic E-state index is 0.293. The molecule has 0 aliphatic heterocycles. The van der Waals surface area contributed by atoms with Gasteiger partial charge < -0.3 is 9.84 Å². The van der Waals surface area contributed by atoms with Gasteiger partial charge in [0.15, 0.2) is 5.69 Å². The summed E-state index contributed by atoms with van der Waals surface area (Å²) < 4.78 is 31.5. The van der Waals surface area contributed by atoms with Crippen LogP contribution in [0.15, 0.2) is 61.2 Å². The SMILES string of the molecule is C=CCS(=O)(=O)n1c(C(=O)O)c(-c2ccc(OC)cc2)c2ccccc21. The van der Waals surface area contributed by atoms with Crippen LogP contribution in [0.2, 0.25) is 0 Å². The minimum Gasteiger partial charge on any atom is -0.497 e. The van der Waals surface area contributed by atoms with Crippen molar-refractivity contribution in [1.29, 1.82) is 0 Å². The second kappa shape index (κ2) is 6.68. The second-order valence-electron chi connectivity index (χ2n) is 5.61. The smallest absolute Gasteiger partial charge is 0.354 e. The molecule has 1 N–H and O–H groups in total. The molecule has 3 rings (SSSR count). The molecule has 0 fully saturated rings. The van der Waals surface area contributed by atoms with E-state index >= 15 is 0 Å². The average molecular weight is 371 g/mol. The van der Waals surface area contributed by atoms with Gasteiger partial charge in [-0.1, -0.05) is 36.4 Å². The predicted molar refractivity (Wildman–Crippen MR) is 100 cm³/mol. The first-order valence-corrected chi connectivity index (χ1v) is 9.37. The van der Waals surface area contributed by atoms with Crippen LogP contribution in [0.3, 0.4) is 0 Å². The van der Waals surface area contributed by atoms with Crippen molar-refractivity contribution in [2.75, 3.05) is 12.9 Å². The van der Waals surface area contributed by atoms with Crippen molar-refractivity contribution in [2.45, 2.75) is 0 Å². The van der Waals surface area contributed by atoms with E-state index in [1.807, 2.05) is 0 Å². The predicted octanol–water partition coefficient (Wildman–Crippen LogP) is 3.38. The zero-order chi connectivity index (χ0) is 18.9. The van der Waals surface area contributed by atoms with Gasteiger partial charge >= 0.3 is 5.97 Å². The molecule has 2 aromatic carbocycles. The van der Waals surface area contributed by atoms with E-state index in [4.69, 9.17) is 4.74 Å². The third-order valence-corrected chi connectivity index (χ3v) is 5.61. The fraction of sp³-hybridized carbons (Fsp3) is 0.105. The first kappa shape index (κ1) is 17.8. The molecule has 1 heterocycles. The van der Waals surface area contributed by atoms with Crippen molar-refractivity contribution in [3.8, 4) is 16.9 Å². The van der Waals surface area contributed by atoms with Crippen molar-refractivity contribution in [1.82, 2.24) is 3.97 Å².